The Hall–Kier alpha value is -2.00. The van der Waals surface area contributed by atoms with Crippen molar-refractivity contribution in [2.75, 3.05) is 6.61 Å². The van der Waals surface area contributed by atoms with Gasteiger partial charge in [-0.2, -0.15) is 8.78 Å². The Morgan fingerprint density at radius 3 is 2.41 bits per heavy atom. The lowest BCUT2D eigenvalue weighted by atomic mass is 9.98. The fourth-order valence-corrected chi connectivity index (χ4v) is 1.53. The second kappa shape index (κ2) is 7.32. The molecule has 0 radical (unpaired) electrons. The van der Waals surface area contributed by atoms with E-state index in [1.807, 2.05) is 0 Å². The Bertz CT molecular complexity index is 582. The van der Waals surface area contributed by atoms with Gasteiger partial charge in [0.1, 0.15) is 6.04 Å². The summed E-state index contributed by atoms with van der Waals surface area (Å²) in [5.74, 6) is -10.5. The molecule has 0 unspecified atom stereocenters. The minimum atomic E-state index is -4.27. The lowest BCUT2D eigenvalue weighted by molar-refractivity contribution is -0.174. The Kier molecular flexibility index (Phi) is 6.65. The van der Waals surface area contributed by atoms with Gasteiger partial charge in [0.2, 0.25) is 0 Å². The van der Waals surface area contributed by atoms with Gasteiger partial charge in [-0.15, -0.1) is 12.4 Å². The van der Waals surface area contributed by atoms with Crippen LogP contribution in [0.4, 0.5) is 13.2 Å². The Labute approximate surface area is 129 Å². The van der Waals surface area contributed by atoms with Gasteiger partial charge < -0.3 is 20.7 Å². The first-order chi connectivity index (χ1) is 9.62. The highest BCUT2D eigenvalue weighted by molar-refractivity contribution is 5.88. The zero-order valence-electron chi connectivity index (χ0n) is 11.2. The van der Waals surface area contributed by atoms with Gasteiger partial charge in [0.25, 0.3) is 0 Å². The molecule has 0 saturated carbocycles. The minimum absolute atomic E-state index is 0. The van der Waals surface area contributed by atoms with Crippen molar-refractivity contribution < 1.29 is 37.7 Å². The average Bonchev–Trinajstić information content (AvgIpc) is 2.40. The molecule has 10 heteroatoms. The van der Waals surface area contributed by atoms with Crippen molar-refractivity contribution in [1.82, 2.24) is 0 Å². The maximum Gasteiger partial charge on any atom is 0.379 e. The van der Waals surface area contributed by atoms with Gasteiger partial charge in [-0.25, -0.2) is 14.0 Å². The van der Waals surface area contributed by atoms with E-state index in [-0.39, 0.29) is 19.0 Å². The molecule has 22 heavy (non-hydrogen) atoms. The summed E-state index contributed by atoms with van der Waals surface area (Å²) in [6, 6.07) is -1.46. The minimum Gasteiger partial charge on any atom is -0.505 e. The van der Waals surface area contributed by atoms with Gasteiger partial charge in [0.05, 0.1) is 12.2 Å². The second-order valence-electron chi connectivity index (χ2n) is 4.02. The van der Waals surface area contributed by atoms with Crippen LogP contribution in [0.1, 0.15) is 28.9 Å². The van der Waals surface area contributed by atoms with Gasteiger partial charge >= 0.3 is 17.9 Å². The highest BCUT2D eigenvalue weighted by atomic mass is 35.5. The summed E-state index contributed by atoms with van der Waals surface area (Å²) in [4.78, 5) is 21.9. The molecule has 124 valence electrons. The van der Waals surface area contributed by atoms with E-state index >= 15 is 0 Å². The number of esters is 1. The quantitative estimate of drug-likeness (QED) is 0.704. The number of benzene rings is 1. The van der Waals surface area contributed by atoms with Crippen LogP contribution in [0.15, 0.2) is 12.1 Å². The summed E-state index contributed by atoms with van der Waals surface area (Å²) >= 11 is 0. The number of alkyl halides is 2. The molecule has 0 saturated heterocycles. The molecule has 0 aliphatic rings. The number of phenols is 1. The third kappa shape index (κ3) is 3.80. The van der Waals surface area contributed by atoms with Crippen LogP contribution in [0.25, 0.3) is 0 Å². The highest BCUT2D eigenvalue weighted by Crippen LogP contribution is 2.36. The molecule has 0 amide bonds. The van der Waals surface area contributed by atoms with Crippen LogP contribution in [0.2, 0.25) is 0 Å². The monoisotopic (exact) mass is 343 g/mol. The van der Waals surface area contributed by atoms with Crippen LogP contribution < -0.4 is 5.73 Å². The number of phenolic OH excluding ortho intramolecular Hbond substituents is 1. The predicted octanol–water partition coefficient (Wildman–Crippen LogP) is 1.85. The average molecular weight is 344 g/mol. The topological polar surface area (TPSA) is 110 Å². The number of carbonyl (C=O) groups excluding carboxylic acids is 1. The molecule has 0 aliphatic carbocycles. The number of halogens is 4. The molecule has 0 aromatic heterocycles. The fourth-order valence-electron chi connectivity index (χ4n) is 1.53. The maximum absolute atomic E-state index is 13.7. The van der Waals surface area contributed by atoms with Crippen molar-refractivity contribution in [3.05, 3.63) is 29.1 Å². The number of aromatic hydroxyl groups is 1. The van der Waals surface area contributed by atoms with E-state index in [2.05, 4.69) is 4.74 Å². The van der Waals surface area contributed by atoms with E-state index in [1.165, 1.54) is 6.92 Å². The van der Waals surface area contributed by atoms with E-state index in [0.29, 0.717) is 12.1 Å². The Morgan fingerprint density at radius 2 is 1.95 bits per heavy atom. The Morgan fingerprint density at radius 1 is 1.41 bits per heavy atom. The standard InChI is InChI=1S/C12H12F3NO5.ClH/c1-2-21-11(20)12(14,15)9(16)6-3-5(10(18)19)4-7(13)8(6)17;/h3-4,9,17H,2,16H2,1H3,(H,18,19);1H/t9-;/m1./s1. The summed E-state index contributed by atoms with van der Waals surface area (Å²) in [6.45, 7) is 0.957. The first kappa shape index (κ1) is 20.0. The molecule has 0 aliphatic heterocycles. The number of carboxylic acids is 1. The smallest absolute Gasteiger partial charge is 0.379 e. The van der Waals surface area contributed by atoms with Crippen LogP contribution in [0.3, 0.4) is 0 Å². The van der Waals surface area contributed by atoms with E-state index < -0.39 is 46.6 Å². The Balaban J connectivity index is 0.00000441. The van der Waals surface area contributed by atoms with E-state index in [1.54, 1.807) is 0 Å². The predicted molar refractivity (Wildman–Crippen MR) is 70.8 cm³/mol. The molecule has 0 spiro atoms. The number of rotatable bonds is 5. The van der Waals surface area contributed by atoms with Gasteiger partial charge in [-0.05, 0) is 19.1 Å². The second-order valence-corrected chi connectivity index (χ2v) is 4.02. The van der Waals surface area contributed by atoms with Crippen LogP contribution in [-0.4, -0.2) is 34.7 Å². The van der Waals surface area contributed by atoms with Gasteiger partial charge in [-0.3, -0.25) is 0 Å². The summed E-state index contributed by atoms with van der Waals surface area (Å²) < 4.78 is 45.0. The van der Waals surface area contributed by atoms with Crippen molar-refractivity contribution in [2.45, 2.75) is 18.9 Å². The summed E-state index contributed by atoms with van der Waals surface area (Å²) in [6.07, 6.45) is 0. The summed E-state index contributed by atoms with van der Waals surface area (Å²) in [5, 5.41) is 18.2. The molecular weight excluding hydrogens is 331 g/mol. The SMILES string of the molecule is CCOC(=O)C(F)(F)[C@H](N)c1cc(C(=O)O)cc(F)c1O.Cl. The summed E-state index contributed by atoms with van der Waals surface area (Å²) in [7, 11) is 0. The number of carbonyl (C=O) groups is 2. The molecular formula is C12H13ClF3NO5. The number of hydrogen-bond donors (Lipinski definition) is 3. The van der Waals surface area contributed by atoms with Gasteiger partial charge in [0.15, 0.2) is 11.6 Å². The number of ether oxygens (including phenoxy) is 1. The molecule has 6 nitrogen and oxygen atoms in total. The number of hydrogen-bond acceptors (Lipinski definition) is 5. The molecule has 0 heterocycles. The van der Waals surface area contributed by atoms with E-state index in [0.717, 1.165) is 0 Å². The molecule has 1 atom stereocenters. The van der Waals surface area contributed by atoms with Crippen molar-refractivity contribution >= 4 is 24.3 Å². The van der Waals surface area contributed by atoms with Crippen molar-refractivity contribution in [3.63, 3.8) is 0 Å². The highest BCUT2D eigenvalue weighted by Gasteiger charge is 2.49. The number of carboxylic acid groups (broad SMARTS) is 1. The van der Waals surface area contributed by atoms with Crippen LogP contribution in [0, 0.1) is 5.82 Å². The van der Waals surface area contributed by atoms with Crippen molar-refractivity contribution in [3.8, 4) is 5.75 Å². The number of aromatic carboxylic acids is 1. The normalized spacial score (nSPS) is 12.2. The van der Waals surface area contributed by atoms with Gasteiger partial charge in [0, 0.05) is 5.56 Å². The van der Waals surface area contributed by atoms with Crippen molar-refractivity contribution in [1.29, 1.82) is 0 Å². The van der Waals surface area contributed by atoms with Gasteiger partial charge in [-0.1, -0.05) is 0 Å². The number of nitrogens with two attached hydrogens (primary N) is 1. The molecule has 0 bridgehead atoms. The first-order valence-corrected chi connectivity index (χ1v) is 5.69. The maximum atomic E-state index is 13.7. The third-order valence-electron chi connectivity index (χ3n) is 2.61. The molecule has 0 fully saturated rings. The molecule has 4 N–H and O–H groups in total. The van der Waals surface area contributed by atoms with Crippen LogP contribution >= 0.6 is 12.4 Å². The fraction of sp³-hybridized carbons (Fsp3) is 0.333. The van der Waals surface area contributed by atoms with Crippen LogP contribution in [-0.2, 0) is 9.53 Å². The lowest BCUT2D eigenvalue weighted by Gasteiger charge is -2.22. The van der Waals surface area contributed by atoms with Crippen LogP contribution in [0.5, 0.6) is 5.75 Å². The zero-order chi connectivity index (χ0) is 16.4. The lowest BCUT2D eigenvalue weighted by Crippen LogP contribution is -2.42. The molecule has 1 rings (SSSR count). The zero-order valence-corrected chi connectivity index (χ0v) is 12.0. The third-order valence-corrected chi connectivity index (χ3v) is 2.61. The van der Waals surface area contributed by atoms with E-state index in [9.17, 15) is 27.9 Å². The largest absolute Gasteiger partial charge is 0.505 e. The molecule has 1 aromatic carbocycles. The van der Waals surface area contributed by atoms with Crippen molar-refractivity contribution in [2.24, 2.45) is 5.73 Å². The first-order valence-electron chi connectivity index (χ1n) is 5.69. The van der Waals surface area contributed by atoms with E-state index in [4.69, 9.17) is 10.8 Å². The molecule has 1 aromatic rings. The summed E-state index contributed by atoms with van der Waals surface area (Å²) in [5.41, 5.74) is 3.56.